The number of nitrogens with zero attached hydrogens (tertiary/aromatic N) is 2. The Kier molecular flexibility index (Phi) is 6.84. The molecule has 0 saturated heterocycles. The average molecular weight is 566 g/mol. The van der Waals surface area contributed by atoms with Gasteiger partial charge in [-0.25, -0.2) is 4.39 Å². The van der Waals surface area contributed by atoms with Gasteiger partial charge in [0.2, 0.25) is 0 Å². The number of sulfonamides is 1. The lowest BCUT2D eigenvalue weighted by Gasteiger charge is -2.30. The van der Waals surface area contributed by atoms with Crippen LogP contribution in [0.4, 0.5) is 23.2 Å². The molecule has 0 radical (unpaired) electrons. The van der Waals surface area contributed by atoms with E-state index in [2.05, 4.69) is 9.97 Å². The Bertz CT molecular complexity index is 1560. The Morgan fingerprint density at radius 3 is 2.55 bits per heavy atom. The number of benzene rings is 2. The maximum atomic E-state index is 14.0. The van der Waals surface area contributed by atoms with Gasteiger partial charge < -0.3 is 9.84 Å². The van der Waals surface area contributed by atoms with Crippen LogP contribution in [0.5, 0.6) is 5.75 Å². The van der Waals surface area contributed by atoms with Crippen molar-refractivity contribution < 1.29 is 35.8 Å². The second kappa shape index (κ2) is 9.97. The van der Waals surface area contributed by atoms with Crippen molar-refractivity contribution in [1.29, 1.82) is 0 Å². The number of halogens is 4. The van der Waals surface area contributed by atoms with Gasteiger partial charge in [0.1, 0.15) is 11.6 Å². The molecule has 0 unspecified atom stereocenters. The molecule has 1 aliphatic heterocycles. The third-order valence-electron chi connectivity index (χ3n) is 6.09. The quantitative estimate of drug-likeness (QED) is 0.297. The number of thiazole rings is 1. The van der Waals surface area contributed by atoms with E-state index < -0.39 is 33.1 Å². The van der Waals surface area contributed by atoms with Crippen molar-refractivity contribution in [2.45, 2.75) is 18.0 Å². The van der Waals surface area contributed by atoms with E-state index in [0.29, 0.717) is 12.0 Å². The molecule has 5 rings (SSSR count). The minimum Gasteiger partial charge on any atom is -0.493 e. The molecule has 0 fully saturated rings. The molecule has 0 saturated carbocycles. The van der Waals surface area contributed by atoms with Crippen LogP contribution in [0.15, 0.2) is 66.4 Å². The van der Waals surface area contributed by atoms with Crippen molar-refractivity contribution in [1.82, 2.24) is 9.97 Å². The summed E-state index contributed by atoms with van der Waals surface area (Å²) < 4.78 is 83.3. The number of aromatic nitrogens is 2. The smallest absolute Gasteiger partial charge is 0.493 e. The van der Waals surface area contributed by atoms with E-state index in [1.54, 1.807) is 17.9 Å². The monoisotopic (exact) mass is 565 g/mol. The average Bonchev–Trinajstić information content (AvgIpc) is 3.41. The van der Waals surface area contributed by atoms with Gasteiger partial charge in [-0.15, -0.1) is 11.3 Å². The van der Waals surface area contributed by atoms with Gasteiger partial charge in [-0.3, -0.25) is 14.7 Å². The largest absolute Gasteiger partial charge is 0.516 e. The number of aliphatic hydroxyl groups excluding tert-OH is 1. The second-order valence-corrected chi connectivity index (χ2v) is 11.2. The van der Waals surface area contributed by atoms with Crippen LogP contribution >= 0.6 is 11.3 Å². The van der Waals surface area contributed by atoms with Gasteiger partial charge in [-0.05, 0) is 42.3 Å². The number of hydrogen-bond acceptors (Lipinski definition) is 7. The molecule has 0 bridgehead atoms. The van der Waals surface area contributed by atoms with Crippen LogP contribution in [0.25, 0.3) is 21.6 Å². The van der Waals surface area contributed by atoms with Crippen molar-refractivity contribution in [3.63, 3.8) is 0 Å². The maximum Gasteiger partial charge on any atom is 0.516 e. The van der Waals surface area contributed by atoms with E-state index in [1.807, 2.05) is 12.1 Å². The van der Waals surface area contributed by atoms with Crippen molar-refractivity contribution >= 4 is 27.0 Å². The van der Waals surface area contributed by atoms with Crippen LogP contribution in [-0.4, -0.2) is 35.6 Å². The molecule has 0 aliphatic carbocycles. The summed E-state index contributed by atoms with van der Waals surface area (Å²) in [7, 11) is -5.73. The van der Waals surface area contributed by atoms with E-state index in [0.717, 1.165) is 34.3 Å². The Hall–Kier alpha value is -3.55. The molecule has 2 atom stereocenters. The van der Waals surface area contributed by atoms with Crippen LogP contribution in [0.3, 0.4) is 0 Å². The summed E-state index contributed by atoms with van der Waals surface area (Å²) in [6.45, 7) is 0.132. The summed E-state index contributed by atoms with van der Waals surface area (Å²) in [6, 6.07) is 10.9. The summed E-state index contributed by atoms with van der Waals surface area (Å²) >= 11 is 1.50. The van der Waals surface area contributed by atoms with Gasteiger partial charge in [-0.2, -0.15) is 21.6 Å². The molecule has 2 aromatic heterocycles. The summed E-state index contributed by atoms with van der Waals surface area (Å²) in [5.41, 5.74) is -2.05. The molecule has 0 spiro atoms. The molecular formula is C25H19F4N3O4S2. The lowest BCUT2D eigenvalue weighted by atomic mass is 9.88. The Morgan fingerprint density at radius 1 is 1.08 bits per heavy atom. The Labute approximate surface area is 218 Å². The van der Waals surface area contributed by atoms with Crippen LogP contribution in [0.1, 0.15) is 17.4 Å². The molecule has 198 valence electrons. The predicted molar refractivity (Wildman–Crippen MR) is 133 cm³/mol. The number of aliphatic hydroxyl groups is 1. The molecule has 7 nitrogen and oxygen atoms in total. The zero-order valence-electron chi connectivity index (χ0n) is 19.3. The highest BCUT2D eigenvalue weighted by Gasteiger charge is 2.46. The van der Waals surface area contributed by atoms with Gasteiger partial charge >= 0.3 is 15.5 Å². The highest BCUT2D eigenvalue weighted by Crippen LogP contribution is 2.41. The lowest BCUT2D eigenvalue weighted by molar-refractivity contribution is -0.0429. The van der Waals surface area contributed by atoms with Gasteiger partial charge in [-0.1, -0.05) is 18.2 Å². The van der Waals surface area contributed by atoms with E-state index in [9.17, 15) is 31.1 Å². The molecule has 2 aromatic carbocycles. The van der Waals surface area contributed by atoms with Crippen molar-refractivity contribution in [2.24, 2.45) is 5.92 Å². The van der Waals surface area contributed by atoms with Crippen molar-refractivity contribution in [3.05, 3.63) is 83.5 Å². The van der Waals surface area contributed by atoms with Crippen LogP contribution in [0, 0.1) is 11.7 Å². The number of pyridine rings is 1. The van der Waals surface area contributed by atoms with Gasteiger partial charge in [0, 0.05) is 40.7 Å². The SMILES string of the molecule is O=S(=O)(Nc1ccc(F)cc1-c1ccc2c(c1)OC[C@@H](Cc1ccc(-c3cncs3)cn1)[C@@H]2O)C(F)(F)F. The first-order valence-electron chi connectivity index (χ1n) is 11.2. The number of anilines is 1. The summed E-state index contributed by atoms with van der Waals surface area (Å²) in [5.74, 6) is -0.838. The standard InChI is InChI=1S/C25H19F4N3O4S2/c26-17-3-6-21(32-38(34,35)25(27,28)29)20(9-17)14-2-5-19-22(8-14)36-12-16(24(19)33)7-18-4-1-15(10-31-18)23-11-30-13-37-23/h1-6,8-11,13,16,24,32-33H,7,12H2/t16-,24+/m1/s1. The number of nitrogens with one attached hydrogen (secondary N) is 1. The molecule has 13 heteroatoms. The molecule has 2 N–H and O–H groups in total. The molecule has 38 heavy (non-hydrogen) atoms. The molecule has 4 aromatic rings. The van der Waals surface area contributed by atoms with E-state index >= 15 is 0 Å². The minimum absolute atomic E-state index is 0.119. The zero-order chi connectivity index (χ0) is 27.1. The fraction of sp³-hybridized carbons (Fsp3) is 0.200. The normalized spacial score (nSPS) is 17.5. The van der Waals surface area contributed by atoms with Crippen LogP contribution in [0.2, 0.25) is 0 Å². The summed E-state index contributed by atoms with van der Waals surface area (Å²) in [5, 5.41) is 11.0. The molecule has 0 amide bonds. The van der Waals surface area contributed by atoms with E-state index in [-0.39, 0.29) is 29.4 Å². The topological polar surface area (TPSA) is 101 Å². The summed E-state index contributed by atoms with van der Waals surface area (Å²) in [6.07, 6.45) is 3.00. The first-order chi connectivity index (χ1) is 18.0. The maximum absolute atomic E-state index is 14.0. The highest BCUT2D eigenvalue weighted by molar-refractivity contribution is 7.93. The lowest BCUT2D eigenvalue weighted by Crippen LogP contribution is -2.30. The van der Waals surface area contributed by atoms with Crippen LogP contribution < -0.4 is 9.46 Å². The Morgan fingerprint density at radius 2 is 1.87 bits per heavy atom. The van der Waals surface area contributed by atoms with Crippen LogP contribution in [-0.2, 0) is 16.4 Å². The Balaban J connectivity index is 1.37. The first-order valence-corrected chi connectivity index (χ1v) is 13.6. The number of hydrogen-bond donors (Lipinski definition) is 2. The van der Waals surface area contributed by atoms with E-state index in [4.69, 9.17) is 4.74 Å². The van der Waals surface area contributed by atoms with Gasteiger partial charge in [0.15, 0.2) is 0 Å². The molecular weight excluding hydrogens is 546 g/mol. The molecule has 3 heterocycles. The first kappa shape index (κ1) is 26.1. The predicted octanol–water partition coefficient (Wildman–Crippen LogP) is 5.56. The van der Waals surface area contributed by atoms with Crippen molar-refractivity contribution in [2.75, 3.05) is 11.3 Å². The fourth-order valence-corrected chi connectivity index (χ4v) is 5.35. The number of rotatable bonds is 6. The number of fused-ring (bicyclic) bond motifs is 1. The summed E-state index contributed by atoms with van der Waals surface area (Å²) in [4.78, 5) is 9.52. The minimum atomic E-state index is -5.73. The molecule has 1 aliphatic rings. The van der Waals surface area contributed by atoms with Gasteiger partial charge in [0.25, 0.3) is 0 Å². The van der Waals surface area contributed by atoms with E-state index in [1.165, 1.54) is 34.3 Å². The highest BCUT2D eigenvalue weighted by atomic mass is 32.2. The van der Waals surface area contributed by atoms with Gasteiger partial charge in [0.05, 0.1) is 28.8 Å². The number of alkyl halides is 3. The fourth-order valence-electron chi connectivity index (χ4n) is 4.15. The third-order valence-corrected chi connectivity index (χ3v) is 8.01. The second-order valence-electron chi connectivity index (χ2n) is 8.62. The number of ether oxygens (including phenoxy) is 1. The zero-order valence-corrected chi connectivity index (χ0v) is 20.9. The third kappa shape index (κ3) is 5.22. The van der Waals surface area contributed by atoms with Crippen molar-refractivity contribution in [3.8, 4) is 27.3 Å².